The number of methoxy groups -OCH3 is 2. The van der Waals surface area contributed by atoms with Crippen LogP contribution in [0.1, 0.15) is 44.6 Å². The van der Waals surface area contributed by atoms with E-state index in [1.54, 1.807) is 25.3 Å². The van der Waals surface area contributed by atoms with Gasteiger partial charge in [0.05, 0.1) is 13.1 Å². The van der Waals surface area contributed by atoms with Crippen LogP contribution in [0.3, 0.4) is 0 Å². The number of aliphatic carboxylic acids is 1. The molecule has 212 valence electrons. The van der Waals surface area contributed by atoms with Gasteiger partial charge in [-0.2, -0.15) is 4.89 Å². The zero-order valence-electron chi connectivity index (χ0n) is 22.4. The molecule has 3 N–H and O–H groups in total. The van der Waals surface area contributed by atoms with E-state index < -0.39 is 48.1 Å². The van der Waals surface area contributed by atoms with Crippen LogP contribution in [0, 0.1) is 17.8 Å². The molecular formula is C26H34ClNaO11. The molecule has 13 heteroatoms. The fourth-order valence-corrected chi connectivity index (χ4v) is 7.46. The van der Waals surface area contributed by atoms with Gasteiger partial charge in [0, 0.05) is 18.1 Å². The van der Waals surface area contributed by atoms with Gasteiger partial charge in [-0.1, -0.05) is 13.3 Å². The van der Waals surface area contributed by atoms with Crippen LogP contribution >= 0.6 is 11.6 Å². The minimum atomic E-state index is -1.92. The molecule has 0 amide bonds. The van der Waals surface area contributed by atoms with Crippen LogP contribution in [0.25, 0.3) is 0 Å². The first kappa shape index (κ1) is 31.2. The van der Waals surface area contributed by atoms with E-state index in [1.165, 1.54) is 7.11 Å². The number of carboxylic acid groups (broad SMARTS) is 1. The van der Waals surface area contributed by atoms with Crippen molar-refractivity contribution < 1.29 is 83.5 Å². The van der Waals surface area contributed by atoms with Crippen molar-refractivity contribution >= 4 is 17.6 Å². The Kier molecular flexibility index (Phi) is 9.52. The molecule has 6 unspecified atom stereocenters. The maximum Gasteiger partial charge on any atom is 1.00 e. The summed E-state index contributed by atoms with van der Waals surface area (Å²) in [5, 5.41) is 42.1. The Bertz CT molecular complexity index is 1040. The monoisotopic (exact) mass is 580 g/mol. The second kappa shape index (κ2) is 11.9. The van der Waals surface area contributed by atoms with Gasteiger partial charge in [0.15, 0.2) is 17.1 Å². The summed E-state index contributed by atoms with van der Waals surface area (Å²) in [5.41, 5.74) is -0.244. The predicted molar refractivity (Wildman–Crippen MR) is 128 cm³/mol. The summed E-state index contributed by atoms with van der Waals surface area (Å²) in [7, 11) is 2.96. The zero-order chi connectivity index (χ0) is 27.4. The van der Waals surface area contributed by atoms with Crippen molar-refractivity contribution in [1.82, 2.24) is 0 Å². The minimum absolute atomic E-state index is 0. The maximum absolute atomic E-state index is 11.4. The molecule has 39 heavy (non-hydrogen) atoms. The summed E-state index contributed by atoms with van der Waals surface area (Å²) < 4.78 is 22.6. The number of carbonyl (C=O) groups excluding carboxylic acids is 1. The van der Waals surface area contributed by atoms with Gasteiger partial charge < -0.3 is 44.2 Å². The second-order valence-electron chi connectivity index (χ2n) is 10.7. The third-order valence-corrected chi connectivity index (χ3v) is 9.11. The molecule has 0 radical (unpaired) electrons. The molecule has 2 heterocycles. The van der Waals surface area contributed by atoms with Gasteiger partial charge in [0.25, 0.3) is 5.79 Å². The number of rotatable bonds is 7. The quantitative estimate of drug-likeness (QED) is 0.179. The molecule has 0 aromatic heterocycles. The molecule has 4 aliphatic rings. The normalized spacial score (nSPS) is 43.2. The Morgan fingerprint density at radius 2 is 1.82 bits per heavy atom. The van der Waals surface area contributed by atoms with Crippen molar-refractivity contribution in [2.45, 2.75) is 86.5 Å². The SMILES string of the molecule is CCC1CC2CC(Cl)CC(C2)C12OOC2(OC)c1ccc(OC)c(O[C@@H]2O[C@H](C(=O)[O-])[C@@H](O)[C@H](O)[C@H]2O)c1.[Na+]. The van der Waals surface area contributed by atoms with E-state index in [1.807, 2.05) is 0 Å². The number of halogens is 1. The first-order valence-electron chi connectivity index (χ1n) is 12.9. The Balaban J connectivity index is 0.00000353. The van der Waals surface area contributed by atoms with Crippen LogP contribution in [0.4, 0.5) is 0 Å². The van der Waals surface area contributed by atoms with E-state index in [0.717, 1.165) is 32.1 Å². The molecule has 1 spiro atoms. The number of hydrogen-bond donors (Lipinski definition) is 3. The maximum atomic E-state index is 11.4. The first-order valence-corrected chi connectivity index (χ1v) is 13.4. The summed E-state index contributed by atoms with van der Waals surface area (Å²) in [4.78, 5) is 23.3. The van der Waals surface area contributed by atoms with E-state index >= 15 is 0 Å². The number of ether oxygens (including phenoxy) is 4. The van der Waals surface area contributed by atoms with E-state index in [4.69, 9.17) is 40.3 Å². The van der Waals surface area contributed by atoms with Gasteiger partial charge in [0.2, 0.25) is 6.29 Å². The van der Waals surface area contributed by atoms with Crippen LogP contribution in [-0.4, -0.2) is 77.2 Å². The van der Waals surface area contributed by atoms with Gasteiger partial charge >= 0.3 is 29.6 Å². The molecule has 5 rings (SSSR count). The van der Waals surface area contributed by atoms with Gasteiger partial charge in [-0.15, -0.1) is 11.6 Å². The average molecular weight is 581 g/mol. The standard InChI is InChI=1S/C26H35ClO11.Na/c1-4-13-7-12-8-15(10-16(27)9-12)25(13)26(34-3,38-37-25)14-5-6-17(33-2)18(11-14)35-24-21(30)19(28)20(29)22(36-24)23(31)32;/h5-6,11-13,15-16,19-22,24,28-30H,4,7-10H2,1-3H3,(H,31,32);/q;+1/p-1/t12?,13?,15?,16?,19-,20-,21+,22-,24+,25?,26?;/m0./s1. The Morgan fingerprint density at radius 1 is 1.08 bits per heavy atom. The van der Waals surface area contributed by atoms with Gasteiger partial charge in [-0.25, -0.2) is 4.89 Å². The molecule has 11 atom stereocenters. The molecule has 2 aliphatic heterocycles. The van der Waals surface area contributed by atoms with Crippen molar-refractivity contribution in [3.05, 3.63) is 23.8 Å². The van der Waals surface area contributed by atoms with Crippen molar-refractivity contribution in [3.63, 3.8) is 0 Å². The molecule has 1 aromatic carbocycles. The fraction of sp³-hybridized carbons (Fsp3) is 0.731. The van der Waals surface area contributed by atoms with Crippen LogP contribution in [0.2, 0.25) is 0 Å². The average Bonchev–Trinajstić information content (AvgIpc) is 2.88. The number of hydrogen-bond acceptors (Lipinski definition) is 11. The summed E-state index contributed by atoms with van der Waals surface area (Å²) in [6.45, 7) is 2.12. The summed E-state index contributed by atoms with van der Waals surface area (Å²) in [6, 6.07) is 4.98. The zero-order valence-corrected chi connectivity index (χ0v) is 25.2. The van der Waals surface area contributed by atoms with Crippen LogP contribution in [0.5, 0.6) is 11.5 Å². The molecule has 2 bridgehead atoms. The van der Waals surface area contributed by atoms with E-state index in [-0.39, 0.29) is 58.3 Å². The third-order valence-electron chi connectivity index (χ3n) is 8.76. The number of benzene rings is 1. The molecule has 2 saturated heterocycles. The van der Waals surface area contributed by atoms with Crippen molar-refractivity contribution in [3.8, 4) is 11.5 Å². The largest absolute Gasteiger partial charge is 1.00 e. The first-order chi connectivity index (χ1) is 18.1. The third kappa shape index (κ3) is 4.91. The van der Waals surface area contributed by atoms with Gasteiger partial charge in [-0.3, -0.25) is 0 Å². The topological polar surface area (TPSA) is 156 Å². The Morgan fingerprint density at radius 3 is 2.41 bits per heavy atom. The predicted octanol–water partition coefficient (Wildman–Crippen LogP) is -2.41. The van der Waals surface area contributed by atoms with Crippen LogP contribution in [-0.2, 0) is 29.8 Å². The van der Waals surface area contributed by atoms with Crippen molar-refractivity contribution in [1.29, 1.82) is 0 Å². The van der Waals surface area contributed by atoms with Crippen LogP contribution in [0.15, 0.2) is 18.2 Å². The minimum Gasteiger partial charge on any atom is -0.547 e. The molecular weight excluding hydrogens is 547 g/mol. The van der Waals surface area contributed by atoms with Gasteiger partial charge in [-0.05, 0) is 61.6 Å². The van der Waals surface area contributed by atoms with Crippen molar-refractivity contribution in [2.24, 2.45) is 17.8 Å². The number of alkyl halides is 1. The smallest absolute Gasteiger partial charge is 0.547 e. The summed E-state index contributed by atoms with van der Waals surface area (Å²) in [5.74, 6) is -2.02. The fourth-order valence-electron chi connectivity index (χ4n) is 7.00. The number of carbonyl (C=O) groups is 1. The summed E-state index contributed by atoms with van der Waals surface area (Å²) in [6.07, 6.45) is -4.62. The molecule has 11 nitrogen and oxygen atoms in total. The van der Waals surface area contributed by atoms with Gasteiger partial charge in [0.1, 0.15) is 24.4 Å². The Labute approximate surface area is 253 Å². The number of fused-ring (bicyclic) bond motifs is 3. The molecule has 2 aliphatic carbocycles. The molecule has 4 fully saturated rings. The summed E-state index contributed by atoms with van der Waals surface area (Å²) >= 11 is 6.65. The molecule has 1 aromatic rings. The number of carboxylic acids is 1. The van der Waals surface area contributed by atoms with E-state index in [2.05, 4.69) is 6.92 Å². The number of aliphatic hydroxyl groups excluding tert-OH is 3. The number of aliphatic hydroxyl groups is 3. The van der Waals surface area contributed by atoms with E-state index in [0.29, 0.717) is 11.5 Å². The van der Waals surface area contributed by atoms with Crippen molar-refractivity contribution in [2.75, 3.05) is 14.2 Å². The second-order valence-corrected chi connectivity index (χ2v) is 11.3. The van der Waals surface area contributed by atoms with E-state index in [9.17, 15) is 25.2 Å². The molecule has 2 saturated carbocycles. The van der Waals surface area contributed by atoms with Crippen LogP contribution < -0.4 is 44.1 Å². The Hall–Kier alpha value is -0.700.